The molecule has 1 aliphatic rings. The minimum absolute atomic E-state index is 0.185. The number of carbonyl (C=O) groups excluding carboxylic acids is 1. The van der Waals surface area contributed by atoms with Crippen LogP contribution in [0.1, 0.15) is 44.3 Å². The fourth-order valence-electron chi connectivity index (χ4n) is 2.86. The third-order valence-electron chi connectivity index (χ3n) is 4.01. The average molecular weight is 290 g/mol. The lowest BCUT2D eigenvalue weighted by atomic mass is 10.0. The lowest BCUT2D eigenvalue weighted by Crippen LogP contribution is -2.47. The smallest absolute Gasteiger partial charge is 0.256 e. The lowest BCUT2D eigenvalue weighted by molar-refractivity contribution is -0.141. The molecule has 4 heteroatoms. The molecule has 1 aliphatic heterocycles. The molecule has 1 aromatic carbocycles. The van der Waals surface area contributed by atoms with E-state index in [4.69, 9.17) is 0 Å². The van der Waals surface area contributed by atoms with Crippen molar-refractivity contribution in [3.8, 4) is 0 Å². The molecule has 0 radical (unpaired) electrons. The fourth-order valence-corrected chi connectivity index (χ4v) is 2.86. The number of nitrogens with one attached hydrogen (secondary N) is 1. The van der Waals surface area contributed by atoms with Gasteiger partial charge in [-0.3, -0.25) is 4.79 Å². The molecule has 0 saturated carbocycles. The number of piperidine rings is 1. The van der Waals surface area contributed by atoms with Gasteiger partial charge in [-0.1, -0.05) is 43.7 Å². The summed E-state index contributed by atoms with van der Waals surface area (Å²) in [6.07, 6.45) is 3.38. The van der Waals surface area contributed by atoms with Crippen molar-refractivity contribution in [1.29, 1.82) is 0 Å². The monoisotopic (exact) mass is 290 g/mol. The number of benzene rings is 1. The van der Waals surface area contributed by atoms with Crippen LogP contribution in [-0.4, -0.2) is 41.6 Å². The average Bonchev–Trinajstić information content (AvgIpc) is 2.55. The SMILES string of the molecule is CCCN(CC1CCCCN1)C(=O)C(O)c1ccccc1. The summed E-state index contributed by atoms with van der Waals surface area (Å²) in [7, 11) is 0. The van der Waals surface area contributed by atoms with E-state index in [1.807, 2.05) is 18.2 Å². The van der Waals surface area contributed by atoms with E-state index in [-0.39, 0.29) is 5.91 Å². The highest BCUT2D eigenvalue weighted by Crippen LogP contribution is 2.17. The normalized spacial score (nSPS) is 20.0. The third-order valence-corrected chi connectivity index (χ3v) is 4.01. The number of rotatable bonds is 6. The Hall–Kier alpha value is -1.39. The maximum atomic E-state index is 12.6. The molecule has 4 nitrogen and oxygen atoms in total. The zero-order chi connectivity index (χ0) is 15.1. The molecule has 0 aromatic heterocycles. The van der Waals surface area contributed by atoms with Crippen LogP contribution in [0.5, 0.6) is 0 Å². The Morgan fingerprint density at radius 3 is 2.76 bits per heavy atom. The Bertz CT molecular complexity index is 430. The second-order valence-electron chi connectivity index (χ2n) is 5.74. The van der Waals surface area contributed by atoms with Gasteiger partial charge < -0.3 is 15.3 Å². The van der Waals surface area contributed by atoms with Crippen LogP contribution in [-0.2, 0) is 4.79 Å². The van der Waals surface area contributed by atoms with E-state index >= 15 is 0 Å². The predicted molar refractivity (Wildman–Crippen MR) is 83.9 cm³/mol. The third kappa shape index (κ3) is 4.55. The Labute approximate surface area is 127 Å². The summed E-state index contributed by atoms with van der Waals surface area (Å²) in [6.45, 7) is 4.47. The van der Waals surface area contributed by atoms with E-state index < -0.39 is 6.10 Å². The number of aliphatic hydroxyl groups is 1. The van der Waals surface area contributed by atoms with Crippen molar-refractivity contribution in [3.05, 3.63) is 35.9 Å². The van der Waals surface area contributed by atoms with Crippen LogP contribution in [0.3, 0.4) is 0 Å². The molecule has 2 rings (SSSR count). The van der Waals surface area contributed by atoms with Gasteiger partial charge in [0.1, 0.15) is 0 Å². The van der Waals surface area contributed by atoms with Crippen molar-refractivity contribution in [1.82, 2.24) is 10.2 Å². The number of carbonyl (C=O) groups is 1. The van der Waals surface area contributed by atoms with Crippen molar-refractivity contribution >= 4 is 5.91 Å². The first kappa shape index (κ1) is 16.0. The van der Waals surface area contributed by atoms with Gasteiger partial charge in [-0.25, -0.2) is 0 Å². The first-order chi connectivity index (χ1) is 10.2. The van der Waals surface area contributed by atoms with Crippen molar-refractivity contribution in [2.45, 2.75) is 44.8 Å². The molecule has 21 heavy (non-hydrogen) atoms. The summed E-state index contributed by atoms with van der Waals surface area (Å²) < 4.78 is 0. The van der Waals surface area contributed by atoms with Crippen LogP contribution in [0, 0.1) is 0 Å². The molecule has 1 saturated heterocycles. The van der Waals surface area contributed by atoms with Crippen molar-refractivity contribution in [2.75, 3.05) is 19.6 Å². The number of amides is 1. The van der Waals surface area contributed by atoms with Crippen LogP contribution >= 0.6 is 0 Å². The predicted octanol–water partition coefficient (Wildman–Crippen LogP) is 2.10. The van der Waals surface area contributed by atoms with Crippen LogP contribution in [0.2, 0.25) is 0 Å². The second kappa shape index (κ2) is 8.15. The molecular formula is C17H26N2O2. The highest BCUT2D eigenvalue weighted by molar-refractivity contribution is 5.82. The molecule has 1 heterocycles. The highest BCUT2D eigenvalue weighted by Gasteiger charge is 2.25. The summed E-state index contributed by atoms with van der Waals surface area (Å²) >= 11 is 0. The maximum Gasteiger partial charge on any atom is 0.256 e. The highest BCUT2D eigenvalue weighted by atomic mass is 16.3. The van der Waals surface area contributed by atoms with Crippen molar-refractivity contribution in [3.63, 3.8) is 0 Å². The van der Waals surface area contributed by atoms with Crippen LogP contribution in [0.4, 0.5) is 0 Å². The summed E-state index contributed by atoms with van der Waals surface area (Å²) in [4.78, 5) is 14.4. The topological polar surface area (TPSA) is 52.6 Å². The van der Waals surface area contributed by atoms with Crippen LogP contribution in [0.25, 0.3) is 0 Å². The quantitative estimate of drug-likeness (QED) is 0.843. The molecule has 2 unspecified atom stereocenters. The molecule has 0 aliphatic carbocycles. The second-order valence-corrected chi connectivity index (χ2v) is 5.74. The zero-order valence-electron chi connectivity index (χ0n) is 12.8. The molecule has 2 atom stereocenters. The largest absolute Gasteiger partial charge is 0.378 e. The summed E-state index contributed by atoms with van der Waals surface area (Å²) in [6, 6.07) is 9.53. The van der Waals surface area contributed by atoms with Gasteiger partial charge in [0, 0.05) is 19.1 Å². The molecule has 1 fully saturated rings. The van der Waals surface area contributed by atoms with Gasteiger partial charge in [0.25, 0.3) is 5.91 Å². The summed E-state index contributed by atoms with van der Waals surface area (Å²) in [5.74, 6) is -0.185. The summed E-state index contributed by atoms with van der Waals surface area (Å²) in [5.41, 5.74) is 0.667. The maximum absolute atomic E-state index is 12.6. The van der Waals surface area contributed by atoms with Gasteiger partial charge in [0.2, 0.25) is 0 Å². The van der Waals surface area contributed by atoms with Gasteiger partial charge in [-0.2, -0.15) is 0 Å². The molecule has 116 valence electrons. The van der Waals surface area contributed by atoms with E-state index in [9.17, 15) is 9.90 Å². The van der Waals surface area contributed by atoms with E-state index in [0.29, 0.717) is 24.7 Å². The number of aliphatic hydroxyl groups excluding tert-OH is 1. The molecule has 1 aromatic rings. The minimum Gasteiger partial charge on any atom is -0.378 e. The zero-order valence-corrected chi connectivity index (χ0v) is 12.8. The van der Waals surface area contributed by atoms with Crippen LogP contribution in [0.15, 0.2) is 30.3 Å². The Morgan fingerprint density at radius 2 is 2.14 bits per heavy atom. The molecule has 0 spiro atoms. The number of nitrogens with zero attached hydrogens (tertiary/aromatic N) is 1. The molecule has 1 amide bonds. The van der Waals surface area contributed by atoms with E-state index in [1.54, 1.807) is 17.0 Å². The molecule has 0 bridgehead atoms. The Kier molecular flexibility index (Phi) is 6.21. The number of hydrogen-bond donors (Lipinski definition) is 2. The van der Waals surface area contributed by atoms with Gasteiger partial charge in [0.15, 0.2) is 6.10 Å². The summed E-state index contributed by atoms with van der Waals surface area (Å²) in [5, 5.41) is 13.8. The van der Waals surface area contributed by atoms with Gasteiger partial charge in [0.05, 0.1) is 0 Å². The van der Waals surface area contributed by atoms with Gasteiger partial charge in [-0.15, -0.1) is 0 Å². The Morgan fingerprint density at radius 1 is 1.38 bits per heavy atom. The van der Waals surface area contributed by atoms with Gasteiger partial charge in [-0.05, 0) is 31.4 Å². The first-order valence-electron chi connectivity index (χ1n) is 7.97. The minimum atomic E-state index is -1.05. The fraction of sp³-hybridized carbons (Fsp3) is 0.588. The Balaban J connectivity index is 2.00. The van der Waals surface area contributed by atoms with E-state index in [2.05, 4.69) is 12.2 Å². The molecular weight excluding hydrogens is 264 g/mol. The van der Waals surface area contributed by atoms with Crippen molar-refractivity contribution < 1.29 is 9.90 Å². The first-order valence-corrected chi connectivity index (χ1v) is 7.97. The van der Waals surface area contributed by atoms with Crippen molar-refractivity contribution in [2.24, 2.45) is 0 Å². The van der Waals surface area contributed by atoms with E-state index in [0.717, 1.165) is 19.4 Å². The van der Waals surface area contributed by atoms with Crippen LogP contribution < -0.4 is 5.32 Å². The van der Waals surface area contributed by atoms with Gasteiger partial charge >= 0.3 is 0 Å². The standard InChI is InChI=1S/C17H26N2O2/c1-2-12-19(13-15-10-6-7-11-18-15)17(21)16(20)14-8-4-3-5-9-14/h3-5,8-9,15-16,18,20H,2,6-7,10-13H2,1H3. The molecule has 2 N–H and O–H groups in total. The van der Waals surface area contributed by atoms with E-state index in [1.165, 1.54) is 12.8 Å². The lowest BCUT2D eigenvalue weighted by Gasteiger charge is -2.31. The number of hydrogen-bond acceptors (Lipinski definition) is 3.